The fraction of sp³-hybridized carbons (Fsp3) is 0.667. The predicted octanol–water partition coefficient (Wildman–Crippen LogP) is 2.24. The van der Waals surface area contributed by atoms with Crippen molar-refractivity contribution in [2.75, 3.05) is 0 Å². The van der Waals surface area contributed by atoms with Gasteiger partial charge in [-0.25, -0.2) is 0 Å². The minimum absolute atomic E-state index is 0.0417. The lowest BCUT2D eigenvalue weighted by molar-refractivity contribution is -0.209. The van der Waals surface area contributed by atoms with E-state index in [4.69, 9.17) is 0 Å². The summed E-state index contributed by atoms with van der Waals surface area (Å²) in [6, 6.07) is 0. The Morgan fingerprint density at radius 3 is 2.40 bits per heavy atom. The van der Waals surface area contributed by atoms with E-state index in [0.29, 0.717) is 6.42 Å². The number of hydrogen-bond donors (Lipinski definition) is 0. The minimum atomic E-state index is -4.20. The summed E-state index contributed by atoms with van der Waals surface area (Å²) in [6.07, 6.45) is -2.60. The van der Waals surface area contributed by atoms with Crippen LogP contribution in [0.2, 0.25) is 0 Å². The molecule has 10 heavy (non-hydrogen) atoms. The Bertz CT molecular complexity index is 138. The van der Waals surface area contributed by atoms with Gasteiger partial charge in [0, 0.05) is 0 Å². The average Bonchev–Trinajstić information content (AvgIpc) is 1.88. The molecule has 58 valence electrons. The Morgan fingerprint density at radius 2 is 2.10 bits per heavy atom. The first-order chi connectivity index (χ1) is 4.61. The summed E-state index contributed by atoms with van der Waals surface area (Å²) in [7, 11) is 0. The first-order valence-electron chi connectivity index (χ1n) is 2.98. The van der Waals surface area contributed by atoms with Crippen molar-refractivity contribution in [2.24, 2.45) is 0 Å². The van der Waals surface area contributed by atoms with Gasteiger partial charge in [-0.3, -0.25) is 0 Å². The van der Waals surface area contributed by atoms with E-state index in [0.717, 1.165) is 6.26 Å². The molecule has 1 atom stereocenters. The van der Waals surface area contributed by atoms with Gasteiger partial charge in [-0.2, -0.15) is 13.2 Å². The van der Waals surface area contributed by atoms with Crippen molar-refractivity contribution in [3.8, 4) is 0 Å². The van der Waals surface area contributed by atoms with Gasteiger partial charge in [-0.15, -0.1) is 0 Å². The van der Waals surface area contributed by atoms with Crippen LogP contribution in [0, 0.1) is 0 Å². The second-order valence-corrected chi connectivity index (χ2v) is 2.12. The van der Waals surface area contributed by atoms with Crippen molar-refractivity contribution >= 4 is 0 Å². The fourth-order valence-electron chi connectivity index (χ4n) is 0.775. The van der Waals surface area contributed by atoms with Gasteiger partial charge < -0.3 is 4.74 Å². The van der Waals surface area contributed by atoms with Crippen molar-refractivity contribution in [2.45, 2.75) is 25.1 Å². The van der Waals surface area contributed by atoms with Crippen LogP contribution in [0.3, 0.4) is 0 Å². The summed E-state index contributed by atoms with van der Waals surface area (Å²) in [4.78, 5) is 0. The van der Waals surface area contributed by atoms with Crippen molar-refractivity contribution in [1.29, 1.82) is 0 Å². The second kappa shape index (κ2) is 2.52. The van der Waals surface area contributed by atoms with Crippen molar-refractivity contribution in [1.82, 2.24) is 0 Å². The highest BCUT2D eigenvalue weighted by Crippen LogP contribution is 2.28. The smallest absolute Gasteiger partial charge is 0.425 e. The first kappa shape index (κ1) is 7.44. The summed E-state index contributed by atoms with van der Waals surface area (Å²) in [5, 5.41) is 0. The third kappa shape index (κ3) is 1.65. The van der Waals surface area contributed by atoms with Gasteiger partial charge in [-0.1, -0.05) is 0 Å². The van der Waals surface area contributed by atoms with E-state index < -0.39 is 12.3 Å². The highest BCUT2D eigenvalue weighted by molar-refractivity contribution is 4.84. The van der Waals surface area contributed by atoms with Gasteiger partial charge in [-0.05, 0) is 18.9 Å². The second-order valence-electron chi connectivity index (χ2n) is 2.12. The number of halogens is 3. The largest absolute Gasteiger partial charge is 0.489 e. The summed E-state index contributed by atoms with van der Waals surface area (Å²) in [6.45, 7) is 0. The third-order valence-corrected chi connectivity index (χ3v) is 1.30. The van der Waals surface area contributed by atoms with E-state index in [-0.39, 0.29) is 6.42 Å². The van der Waals surface area contributed by atoms with Gasteiger partial charge in [0.1, 0.15) is 0 Å². The molecule has 1 rings (SSSR count). The summed E-state index contributed by atoms with van der Waals surface area (Å²) in [5.74, 6) is 0. The van der Waals surface area contributed by atoms with Crippen LogP contribution in [0.15, 0.2) is 12.3 Å². The first-order valence-corrected chi connectivity index (χ1v) is 2.98. The molecule has 1 nitrogen and oxygen atoms in total. The number of rotatable bonds is 0. The van der Waals surface area contributed by atoms with E-state index in [2.05, 4.69) is 4.74 Å². The SMILES string of the molecule is FC(F)(F)C1CCC=CO1. The van der Waals surface area contributed by atoms with E-state index >= 15 is 0 Å². The quantitative estimate of drug-likeness (QED) is 0.517. The molecule has 1 unspecified atom stereocenters. The highest BCUT2D eigenvalue weighted by Gasteiger charge is 2.41. The molecule has 0 aromatic heterocycles. The summed E-state index contributed by atoms with van der Waals surface area (Å²) in [5.41, 5.74) is 0. The molecule has 1 aliphatic heterocycles. The molecule has 0 bridgehead atoms. The molecule has 0 fully saturated rings. The number of allylic oxidation sites excluding steroid dienone is 1. The van der Waals surface area contributed by atoms with Crippen LogP contribution in [0.1, 0.15) is 12.8 Å². The van der Waals surface area contributed by atoms with Crippen LogP contribution in [-0.2, 0) is 4.74 Å². The van der Waals surface area contributed by atoms with Crippen LogP contribution < -0.4 is 0 Å². The minimum Gasteiger partial charge on any atom is -0.489 e. The van der Waals surface area contributed by atoms with Gasteiger partial charge >= 0.3 is 6.18 Å². The van der Waals surface area contributed by atoms with Crippen molar-refractivity contribution < 1.29 is 17.9 Å². The van der Waals surface area contributed by atoms with Gasteiger partial charge in [0.2, 0.25) is 0 Å². The number of ether oxygens (including phenoxy) is 1. The molecule has 1 aliphatic rings. The third-order valence-electron chi connectivity index (χ3n) is 1.30. The van der Waals surface area contributed by atoms with Gasteiger partial charge in [0.25, 0.3) is 0 Å². The van der Waals surface area contributed by atoms with Crippen LogP contribution >= 0.6 is 0 Å². The molecule has 0 amide bonds. The molecule has 0 saturated carbocycles. The molecular weight excluding hydrogens is 145 g/mol. The molecule has 0 spiro atoms. The van der Waals surface area contributed by atoms with Crippen LogP contribution in [0.5, 0.6) is 0 Å². The standard InChI is InChI=1S/C6H7F3O/c7-6(8,9)5-3-1-2-4-10-5/h2,4-5H,1,3H2. The molecule has 0 radical (unpaired) electrons. The molecule has 1 heterocycles. The molecule has 0 aromatic carbocycles. The van der Waals surface area contributed by atoms with E-state index in [9.17, 15) is 13.2 Å². The van der Waals surface area contributed by atoms with Crippen LogP contribution in [0.4, 0.5) is 13.2 Å². The lowest BCUT2D eigenvalue weighted by Gasteiger charge is -2.21. The van der Waals surface area contributed by atoms with E-state index in [1.807, 2.05) is 0 Å². The molecule has 4 heteroatoms. The molecular formula is C6H7F3O. The number of hydrogen-bond acceptors (Lipinski definition) is 1. The Kier molecular flexibility index (Phi) is 1.87. The normalized spacial score (nSPS) is 26.1. The Labute approximate surface area is 56.5 Å². The van der Waals surface area contributed by atoms with Crippen LogP contribution in [0.25, 0.3) is 0 Å². The maximum Gasteiger partial charge on any atom is 0.425 e. The lowest BCUT2D eigenvalue weighted by Crippen LogP contribution is -2.31. The maximum absolute atomic E-state index is 11.8. The molecule has 0 aromatic rings. The molecule has 0 N–H and O–H groups in total. The topological polar surface area (TPSA) is 9.23 Å². The van der Waals surface area contributed by atoms with Crippen molar-refractivity contribution in [3.63, 3.8) is 0 Å². The Hall–Kier alpha value is -0.670. The Balaban J connectivity index is 2.49. The monoisotopic (exact) mass is 152 g/mol. The maximum atomic E-state index is 11.8. The fourth-order valence-corrected chi connectivity index (χ4v) is 0.775. The average molecular weight is 152 g/mol. The van der Waals surface area contributed by atoms with E-state index in [1.165, 1.54) is 0 Å². The van der Waals surface area contributed by atoms with Gasteiger partial charge in [0.15, 0.2) is 6.10 Å². The Morgan fingerprint density at radius 1 is 1.40 bits per heavy atom. The van der Waals surface area contributed by atoms with E-state index in [1.54, 1.807) is 6.08 Å². The molecule has 0 aliphatic carbocycles. The molecule has 0 saturated heterocycles. The summed E-state index contributed by atoms with van der Waals surface area (Å²) >= 11 is 0. The van der Waals surface area contributed by atoms with Gasteiger partial charge in [0.05, 0.1) is 6.26 Å². The number of alkyl halides is 3. The summed E-state index contributed by atoms with van der Waals surface area (Å²) < 4.78 is 39.7. The predicted molar refractivity (Wildman–Crippen MR) is 29.3 cm³/mol. The van der Waals surface area contributed by atoms with Crippen LogP contribution in [-0.4, -0.2) is 12.3 Å². The zero-order chi connectivity index (χ0) is 7.61. The zero-order valence-electron chi connectivity index (χ0n) is 5.19. The zero-order valence-corrected chi connectivity index (χ0v) is 5.19. The van der Waals surface area contributed by atoms with Crippen molar-refractivity contribution in [3.05, 3.63) is 12.3 Å². The lowest BCUT2D eigenvalue weighted by atomic mass is 10.1. The highest BCUT2D eigenvalue weighted by atomic mass is 19.4.